The Morgan fingerprint density at radius 1 is 1.24 bits per heavy atom. The van der Waals surface area contributed by atoms with Crippen LogP contribution in [0.25, 0.3) is 0 Å². The maximum atomic E-state index is 11.6. The molecule has 1 unspecified atom stereocenters. The van der Waals surface area contributed by atoms with E-state index < -0.39 is 0 Å². The summed E-state index contributed by atoms with van der Waals surface area (Å²) >= 11 is 0. The number of aryl methyl sites for hydroxylation is 1. The molecule has 0 bridgehead atoms. The Morgan fingerprint density at radius 3 is 2.52 bits per heavy atom. The number of carbonyl (C=O) groups is 1. The molecule has 1 atom stereocenters. The van der Waals surface area contributed by atoms with E-state index in [9.17, 15) is 4.79 Å². The Kier molecular flexibility index (Phi) is 4.87. The van der Waals surface area contributed by atoms with Gasteiger partial charge < -0.3 is 10.1 Å². The maximum Gasteiger partial charge on any atom is 0.338 e. The predicted molar refractivity (Wildman–Crippen MR) is 81.2 cm³/mol. The highest BCUT2D eigenvalue weighted by Gasteiger charge is 2.11. The summed E-state index contributed by atoms with van der Waals surface area (Å²) in [6.45, 7) is 6.13. The quantitative estimate of drug-likeness (QED) is 0.855. The number of carbonyl (C=O) groups excluding carboxylic acids is 1. The van der Waals surface area contributed by atoms with Crippen LogP contribution in [0.3, 0.4) is 0 Å². The number of nitrogens with zero attached hydrogens (tertiary/aromatic N) is 2. The normalized spacial score (nSPS) is 11.8. The van der Waals surface area contributed by atoms with Gasteiger partial charge in [0.05, 0.1) is 29.6 Å². The van der Waals surface area contributed by atoms with E-state index >= 15 is 0 Å². The molecule has 0 aliphatic rings. The minimum atomic E-state index is -0.304. The van der Waals surface area contributed by atoms with E-state index in [4.69, 9.17) is 4.74 Å². The summed E-state index contributed by atoms with van der Waals surface area (Å²) in [5, 5.41) is 3.34. The Balaban J connectivity index is 2.07. The largest absolute Gasteiger partial charge is 0.462 e. The van der Waals surface area contributed by atoms with Crippen LogP contribution in [0.2, 0.25) is 0 Å². The van der Waals surface area contributed by atoms with Crippen molar-refractivity contribution in [3.8, 4) is 0 Å². The lowest BCUT2D eigenvalue weighted by Crippen LogP contribution is -2.11. The molecule has 1 aromatic heterocycles. The fourth-order valence-electron chi connectivity index (χ4n) is 2.08. The van der Waals surface area contributed by atoms with E-state index in [2.05, 4.69) is 15.3 Å². The van der Waals surface area contributed by atoms with Crippen molar-refractivity contribution in [2.45, 2.75) is 26.8 Å². The van der Waals surface area contributed by atoms with Crippen LogP contribution in [0.4, 0.5) is 5.69 Å². The molecule has 1 N–H and O–H groups in total. The maximum absolute atomic E-state index is 11.6. The molecular weight excluding hydrogens is 266 g/mol. The fourth-order valence-corrected chi connectivity index (χ4v) is 2.08. The first-order valence-electron chi connectivity index (χ1n) is 6.93. The molecule has 0 radical (unpaired) electrons. The van der Waals surface area contributed by atoms with Crippen molar-refractivity contribution in [2.75, 3.05) is 11.9 Å². The lowest BCUT2D eigenvalue weighted by molar-refractivity contribution is 0.0526. The van der Waals surface area contributed by atoms with Crippen molar-refractivity contribution < 1.29 is 9.53 Å². The van der Waals surface area contributed by atoms with Crippen molar-refractivity contribution in [3.63, 3.8) is 0 Å². The molecule has 0 amide bonds. The molecule has 0 saturated heterocycles. The van der Waals surface area contributed by atoms with Gasteiger partial charge in [-0.15, -0.1) is 0 Å². The average molecular weight is 285 g/mol. The second-order valence-electron chi connectivity index (χ2n) is 4.69. The first-order valence-corrected chi connectivity index (χ1v) is 6.93. The molecule has 21 heavy (non-hydrogen) atoms. The summed E-state index contributed by atoms with van der Waals surface area (Å²) in [6, 6.07) is 7.24. The lowest BCUT2D eigenvalue weighted by atomic mass is 10.1. The highest BCUT2D eigenvalue weighted by molar-refractivity contribution is 5.89. The van der Waals surface area contributed by atoms with Crippen molar-refractivity contribution in [1.82, 2.24) is 9.97 Å². The van der Waals surface area contributed by atoms with Gasteiger partial charge in [-0.25, -0.2) is 4.79 Å². The molecule has 0 fully saturated rings. The van der Waals surface area contributed by atoms with Gasteiger partial charge in [-0.05, 0) is 45.0 Å². The smallest absolute Gasteiger partial charge is 0.338 e. The molecule has 1 heterocycles. The second-order valence-corrected chi connectivity index (χ2v) is 4.69. The van der Waals surface area contributed by atoms with Crippen LogP contribution >= 0.6 is 0 Å². The van der Waals surface area contributed by atoms with Crippen molar-refractivity contribution in [3.05, 3.63) is 53.6 Å². The van der Waals surface area contributed by atoms with Crippen molar-refractivity contribution >= 4 is 11.7 Å². The monoisotopic (exact) mass is 285 g/mol. The first-order chi connectivity index (χ1) is 10.1. The number of aromatic nitrogens is 2. The minimum Gasteiger partial charge on any atom is -0.462 e. The van der Waals surface area contributed by atoms with Gasteiger partial charge in [0.1, 0.15) is 0 Å². The van der Waals surface area contributed by atoms with E-state index in [1.165, 1.54) is 0 Å². The van der Waals surface area contributed by atoms with Gasteiger partial charge >= 0.3 is 5.97 Å². The van der Waals surface area contributed by atoms with Gasteiger partial charge in [-0.2, -0.15) is 0 Å². The molecule has 2 rings (SSSR count). The highest BCUT2D eigenvalue weighted by atomic mass is 16.5. The van der Waals surface area contributed by atoms with E-state index in [-0.39, 0.29) is 12.0 Å². The molecule has 5 nitrogen and oxygen atoms in total. The summed E-state index contributed by atoms with van der Waals surface area (Å²) in [5.41, 5.74) is 3.28. The summed E-state index contributed by atoms with van der Waals surface area (Å²) in [6.07, 6.45) is 3.37. The zero-order valence-electron chi connectivity index (χ0n) is 12.5. The molecular formula is C16H19N3O2. The number of anilines is 1. The zero-order valence-corrected chi connectivity index (χ0v) is 12.5. The molecule has 1 aromatic carbocycles. The van der Waals surface area contributed by atoms with Crippen LogP contribution in [0.1, 0.15) is 41.6 Å². The summed E-state index contributed by atoms with van der Waals surface area (Å²) < 4.78 is 4.96. The van der Waals surface area contributed by atoms with Gasteiger partial charge in [-0.1, -0.05) is 0 Å². The molecule has 0 aliphatic heterocycles. The Bertz CT molecular complexity index is 611. The molecule has 0 saturated carbocycles. The minimum absolute atomic E-state index is 0.0344. The van der Waals surface area contributed by atoms with E-state index in [1.54, 1.807) is 31.5 Å². The Hall–Kier alpha value is -2.43. The molecule has 2 aromatic rings. The summed E-state index contributed by atoms with van der Waals surface area (Å²) in [7, 11) is 0. The van der Waals surface area contributed by atoms with Gasteiger partial charge in [-0.3, -0.25) is 9.97 Å². The van der Waals surface area contributed by atoms with E-state index in [1.807, 2.05) is 26.0 Å². The third-order valence-electron chi connectivity index (χ3n) is 3.11. The Morgan fingerprint density at radius 2 is 1.90 bits per heavy atom. The highest BCUT2D eigenvalue weighted by Crippen LogP contribution is 2.19. The third kappa shape index (κ3) is 3.78. The SMILES string of the molecule is CCOC(=O)c1ccc(NC(C)c2nccnc2C)cc1. The number of rotatable bonds is 5. The molecule has 5 heteroatoms. The predicted octanol–water partition coefficient (Wildman–Crippen LogP) is 3.13. The zero-order chi connectivity index (χ0) is 15.2. The number of hydrogen-bond donors (Lipinski definition) is 1. The second kappa shape index (κ2) is 6.83. The standard InChI is InChI=1S/C16H19N3O2/c1-4-21-16(20)13-5-7-14(8-6-13)19-12(3)15-11(2)17-9-10-18-15/h5-10,12,19H,4H2,1-3H3. The van der Waals surface area contributed by atoms with Gasteiger partial charge in [0.2, 0.25) is 0 Å². The number of hydrogen-bond acceptors (Lipinski definition) is 5. The van der Waals surface area contributed by atoms with Gasteiger partial charge in [0.15, 0.2) is 0 Å². The van der Waals surface area contributed by atoms with Gasteiger partial charge in [0, 0.05) is 18.1 Å². The number of esters is 1. The summed E-state index contributed by atoms with van der Waals surface area (Å²) in [5.74, 6) is -0.304. The van der Waals surface area contributed by atoms with Crippen LogP contribution in [-0.2, 0) is 4.74 Å². The topological polar surface area (TPSA) is 64.1 Å². The first kappa shape index (κ1) is 15.0. The van der Waals surface area contributed by atoms with Crippen LogP contribution in [0.5, 0.6) is 0 Å². The third-order valence-corrected chi connectivity index (χ3v) is 3.11. The lowest BCUT2D eigenvalue weighted by Gasteiger charge is -2.16. The van der Waals surface area contributed by atoms with Gasteiger partial charge in [0.25, 0.3) is 0 Å². The van der Waals surface area contributed by atoms with E-state index in [0.29, 0.717) is 12.2 Å². The number of benzene rings is 1. The van der Waals surface area contributed by atoms with E-state index in [0.717, 1.165) is 17.1 Å². The van der Waals surface area contributed by atoms with Crippen LogP contribution in [0.15, 0.2) is 36.7 Å². The number of nitrogens with one attached hydrogen (secondary N) is 1. The summed E-state index contributed by atoms with van der Waals surface area (Å²) in [4.78, 5) is 20.2. The van der Waals surface area contributed by atoms with Crippen molar-refractivity contribution in [2.24, 2.45) is 0 Å². The number of ether oxygens (including phenoxy) is 1. The molecule has 0 spiro atoms. The van der Waals surface area contributed by atoms with Crippen LogP contribution < -0.4 is 5.32 Å². The fraction of sp³-hybridized carbons (Fsp3) is 0.312. The average Bonchev–Trinajstić information content (AvgIpc) is 2.48. The molecule has 110 valence electrons. The molecule has 0 aliphatic carbocycles. The Labute approximate surface area is 124 Å². The van der Waals surface area contributed by atoms with Crippen LogP contribution in [0, 0.1) is 6.92 Å². The van der Waals surface area contributed by atoms with Crippen molar-refractivity contribution in [1.29, 1.82) is 0 Å². The van der Waals surface area contributed by atoms with Crippen LogP contribution in [-0.4, -0.2) is 22.5 Å².